The zero-order valence-electron chi connectivity index (χ0n) is 19.6. The van der Waals surface area contributed by atoms with Crippen molar-refractivity contribution in [2.75, 3.05) is 44.9 Å². The number of aromatic nitrogens is 3. The van der Waals surface area contributed by atoms with Crippen LogP contribution >= 0.6 is 0 Å². The van der Waals surface area contributed by atoms with E-state index in [4.69, 9.17) is 14.7 Å². The first kappa shape index (κ1) is 22.4. The minimum atomic E-state index is -0.119. The molecule has 176 valence electrons. The number of likely N-dealkylation sites (N-methyl/N-ethyl adjacent to an activating group) is 1. The Morgan fingerprint density at radius 1 is 1.15 bits per heavy atom. The molecule has 34 heavy (non-hydrogen) atoms. The molecule has 8 nitrogen and oxygen atoms in total. The second-order valence-electron chi connectivity index (χ2n) is 9.15. The summed E-state index contributed by atoms with van der Waals surface area (Å²) < 4.78 is 5.67. The van der Waals surface area contributed by atoms with E-state index < -0.39 is 0 Å². The van der Waals surface area contributed by atoms with Crippen LogP contribution in [-0.2, 0) is 10.2 Å². The predicted molar refractivity (Wildman–Crippen MR) is 129 cm³/mol. The Morgan fingerprint density at radius 3 is 2.62 bits per heavy atom. The van der Waals surface area contributed by atoms with Gasteiger partial charge in [-0.25, -0.2) is 9.97 Å². The SMILES string of the molecule is Cc1ccnc(-c2cnc(N3CC4(CCOCC4)c4ccc(C(=O)N(C)CCO)cc43)nc2)c1. The van der Waals surface area contributed by atoms with E-state index in [1.54, 1.807) is 13.2 Å². The zero-order valence-corrected chi connectivity index (χ0v) is 19.6. The number of pyridine rings is 1. The summed E-state index contributed by atoms with van der Waals surface area (Å²) in [4.78, 5) is 30.4. The molecular weight excluding hydrogens is 430 g/mol. The van der Waals surface area contributed by atoms with Crippen LogP contribution in [-0.4, -0.2) is 70.8 Å². The molecule has 1 N–H and O–H groups in total. The predicted octanol–water partition coefficient (Wildman–Crippen LogP) is 3.11. The number of ether oxygens (including phenoxy) is 1. The lowest BCUT2D eigenvalue weighted by Gasteiger charge is -2.34. The van der Waals surface area contributed by atoms with E-state index >= 15 is 0 Å². The highest BCUT2D eigenvalue weighted by atomic mass is 16.5. The molecule has 1 amide bonds. The van der Waals surface area contributed by atoms with E-state index in [1.807, 2.05) is 43.6 Å². The number of benzene rings is 1. The van der Waals surface area contributed by atoms with E-state index in [2.05, 4.69) is 16.0 Å². The third-order valence-corrected chi connectivity index (χ3v) is 6.89. The van der Waals surface area contributed by atoms with Gasteiger partial charge in [0.1, 0.15) is 0 Å². The lowest BCUT2D eigenvalue weighted by atomic mass is 9.75. The van der Waals surface area contributed by atoms with Crippen LogP contribution in [0, 0.1) is 6.92 Å². The van der Waals surface area contributed by atoms with Gasteiger partial charge in [0.2, 0.25) is 5.95 Å². The van der Waals surface area contributed by atoms with Crippen LogP contribution in [0.5, 0.6) is 0 Å². The van der Waals surface area contributed by atoms with Gasteiger partial charge in [0, 0.05) is 74.2 Å². The molecule has 2 aliphatic rings. The molecule has 1 fully saturated rings. The number of carbonyl (C=O) groups excluding carboxylic acids is 1. The van der Waals surface area contributed by atoms with Crippen molar-refractivity contribution in [3.8, 4) is 11.3 Å². The molecule has 8 heteroatoms. The van der Waals surface area contributed by atoms with Gasteiger partial charge in [-0.15, -0.1) is 0 Å². The van der Waals surface area contributed by atoms with Crippen LogP contribution < -0.4 is 4.90 Å². The van der Waals surface area contributed by atoms with Crippen molar-refractivity contribution in [2.45, 2.75) is 25.2 Å². The lowest BCUT2D eigenvalue weighted by Crippen LogP contribution is -2.37. The summed E-state index contributed by atoms with van der Waals surface area (Å²) in [6.07, 6.45) is 7.24. The van der Waals surface area contributed by atoms with Crippen molar-refractivity contribution < 1.29 is 14.6 Å². The van der Waals surface area contributed by atoms with Crippen LogP contribution in [0.25, 0.3) is 11.3 Å². The van der Waals surface area contributed by atoms with Gasteiger partial charge in [0.05, 0.1) is 12.3 Å². The minimum absolute atomic E-state index is 0.0493. The Bertz CT molecular complexity index is 1190. The summed E-state index contributed by atoms with van der Waals surface area (Å²) >= 11 is 0. The quantitative estimate of drug-likeness (QED) is 0.627. The maximum atomic E-state index is 12.9. The number of carbonyl (C=O) groups is 1. The Balaban J connectivity index is 1.52. The first-order valence-corrected chi connectivity index (χ1v) is 11.6. The molecule has 0 bridgehead atoms. The van der Waals surface area contributed by atoms with Gasteiger partial charge in [-0.1, -0.05) is 6.07 Å². The Labute approximate surface area is 199 Å². The summed E-state index contributed by atoms with van der Waals surface area (Å²) in [7, 11) is 1.70. The summed E-state index contributed by atoms with van der Waals surface area (Å²) in [5, 5.41) is 9.23. The molecule has 0 atom stereocenters. The van der Waals surface area contributed by atoms with Gasteiger partial charge < -0.3 is 19.6 Å². The summed E-state index contributed by atoms with van der Waals surface area (Å²) in [5.41, 5.74) is 5.55. The molecule has 1 saturated heterocycles. The molecule has 0 saturated carbocycles. The van der Waals surface area contributed by atoms with Crippen LogP contribution in [0.4, 0.5) is 11.6 Å². The second kappa shape index (κ2) is 9.12. The summed E-state index contributed by atoms with van der Waals surface area (Å²) in [6, 6.07) is 9.88. The topological polar surface area (TPSA) is 91.7 Å². The third kappa shape index (κ3) is 4.03. The van der Waals surface area contributed by atoms with Crippen molar-refractivity contribution in [2.24, 2.45) is 0 Å². The number of hydrogen-bond acceptors (Lipinski definition) is 7. The molecule has 5 rings (SSSR count). The zero-order chi connectivity index (χ0) is 23.7. The van der Waals surface area contributed by atoms with Gasteiger partial charge >= 0.3 is 0 Å². The first-order chi connectivity index (χ1) is 16.5. The number of aliphatic hydroxyl groups is 1. The maximum Gasteiger partial charge on any atom is 0.253 e. The van der Waals surface area contributed by atoms with Gasteiger partial charge in [-0.2, -0.15) is 0 Å². The van der Waals surface area contributed by atoms with E-state index in [1.165, 1.54) is 10.5 Å². The highest BCUT2D eigenvalue weighted by Gasteiger charge is 2.45. The van der Waals surface area contributed by atoms with Crippen molar-refractivity contribution in [1.29, 1.82) is 0 Å². The van der Waals surface area contributed by atoms with Crippen LogP contribution in [0.2, 0.25) is 0 Å². The van der Waals surface area contributed by atoms with Gasteiger partial charge in [0.15, 0.2) is 0 Å². The summed E-state index contributed by atoms with van der Waals surface area (Å²) in [5.74, 6) is 0.487. The highest BCUT2D eigenvalue weighted by Crippen LogP contribution is 2.49. The van der Waals surface area contributed by atoms with E-state index in [9.17, 15) is 9.90 Å². The number of anilines is 2. The molecule has 2 aromatic heterocycles. The van der Waals surface area contributed by atoms with Gasteiger partial charge in [-0.05, 0) is 55.2 Å². The number of fused-ring (bicyclic) bond motifs is 2. The number of rotatable bonds is 5. The fourth-order valence-corrected chi connectivity index (χ4v) is 4.94. The second-order valence-corrected chi connectivity index (χ2v) is 9.15. The number of amides is 1. The molecule has 0 radical (unpaired) electrons. The largest absolute Gasteiger partial charge is 0.395 e. The normalized spacial score (nSPS) is 16.5. The number of aliphatic hydroxyl groups excluding tert-OH is 1. The Kier molecular flexibility index (Phi) is 6.02. The highest BCUT2D eigenvalue weighted by molar-refractivity contribution is 5.96. The molecule has 0 unspecified atom stereocenters. The molecule has 1 aromatic carbocycles. The van der Waals surface area contributed by atoms with Crippen LogP contribution in [0.15, 0.2) is 48.9 Å². The fraction of sp³-hybridized carbons (Fsp3) is 0.385. The van der Waals surface area contributed by atoms with E-state index in [-0.39, 0.29) is 17.9 Å². The van der Waals surface area contributed by atoms with Crippen molar-refractivity contribution in [3.05, 3.63) is 65.6 Å². The molecule has 2 aliphatic heterocycles. The van der Waals surface area contributed by atoms with E-state index in [0.717, 1.165) is 41.9 Å². The monoisotopic (exact) mass is 459 g/mol. The van der Waals surface area contributed by atoms with E-state index in [0.29, 0.717) is 31.3 Å². The molecule has 0 aliphatic carbocycles. The van der Waals surface area contributed by atoms with Gasteiger partial charge in [0.25, 0.3) is 5.91 Å². The standard InChI is InChI=1S/C26H29N5O3/c1-18-5-8-27-22(13-18)20-15-28-25(29-16-20)31-17-26(6-11-34-12-7-26)21-4-3-19(14-23(21)31)24(33)30(2)9-10-32/h3-5,8,13-16,32H,6-7,9-12,17H2,1-2H3. The Hall–Kier alpha value is -3.36. The molecular formula is C26H29N5O3. The summed E-state index contributed by atoms with van der Waals surface area (Å²) in [6.45, 7) is 4.43. The third-order valence-electron chi connectivity index (χ3n) is 6.89. The molecule has 1 spiro atoms. The number of nitrogens with zero attached hydrogens (tertiary/aromatic N) is 5. The average molecular weight is 460 g/mol. The molecule has 3 aromatic rings. The molecule has 4 heterocycles. The fourth-order valence-electron chi connectivity index (χ4n) is 4.94. The average Bonchev–Trinajstić information content (AvgIpc) is 3.17. The van der Waals surface area contributed by atoms with Crippen molar-refractivity contribution in [1.82, 2.24) is 19.9 Å². The first-order valence-electron chi connectivity index (χ1n) is 11.6. The van der Waals surface area contributed by atoms with Crippen molar-refractivity contribution >= 4 is 17.5 Å². The number of hydrogen-bond donors (Lipinski definition) is 1. The smallest absolute Gasteiger partial charge is 0.253 e. The number of aryl methyl sites for hydroxylation is 1. The van der Waals surface area contributed by atoms with Crippen LogP contribution in [0.3, 0.4) is 0 Å². The van der Waals surface area contributed by atoms with Crippen molar-refractivity contribution in [3.63, 3.8) is 0 Å². The Morgan fingerprint density at radius 2 is 1.91 bits per heavy atom. The minimum Gasteiger partial charge on any atom is -0.395 e. The lowest BCUT2D eigenvalue weighted by molar-refractivity contribution is 0.0557. The van der Waals surface area contributed by atoms with Gasteiger partial charge in [-0.3, -0.25) is 9.78 Å². The van der Waals surface area contributed by atoms with Crippen LogP contribution in [0.1, 0.15) is 34.3 Å². The maximum absolute atomic E-state index is 12.9.